The van der Waals surface area contributed by atoms with Crippen molar-refractivity contribution in [3.05, 3.63) is 59.4 Å². The van der Waals surface area contributed by atoms with Gasteiger partial charge in [-0.1, -0.05) is 18.2 Å². The molecule has 3 rings (SSSR count). The van der Waals surface area contributed by atoms with Gasteiger partial charge in [0.1, 0.15) is 5.69 Å². The van der Waals surface area contributed by atoms with Crippen LogP contribution in [0.15, 0.2) is 47.6 Å². The van der Waals surface area contributed by atoms with Crippen molar-refractivity contribution < 1.29 is 14.7 Å². The monoisotopic (exact) mass is 367 g/mol. The molecule has 0 fully saturated rings. The number of anilines is 1. The number of hydrogen-bond acceptors (Lipinski definition) is 6. The topological polar surface area (TPSA) is 121 Å². The van der Waals surface area contributed by atoms with Gasteiger partial charge in [-0.05, 0) is 36.2 Å². The number of amides is 2. The first-order chi connectivity index (χ1) is 12.8. The average molecular weight is 367 g/mol. The summed E-state index contributed by atoms with van der Waals surface area (Å²) in [5.41, 5.74) is 7.26. The lowest BCUT2D eigenvalue weighted by Gasteiger charge is -2.33. The van der Waals surface area contributed by atoms with Crippen LogP contribution in [0.2, 0.25) is 0 Å². The minimum absolute atomic E-state index is 0.118. The third-order valence-electron chi connectivity index (χ3n) is 4.56. The van der Waals surface area contributed by atoms with E-state index in [9.17, 15) is 9.59 Å². The number of aliphatic hydroxyl groups excluding tert-OH is 1. The molecule has 1 aliphatic heterocycles. The molecule has 0 spiro atoms. The quantitative estimate of drug-likeness (QED) is 0.750. The van der Waals surface area contributed by atoms with Gasteiger partial charge in [-0.25, -0.2) is 4.99 Å². The fraction of sp³-hybridized carbons (Fsp3) is 0.263. The maximum absolute atomic E-state index is 12.4. The number of nitrogens with zero attached hydrogens (tertiary/aromatic N) is 3. The van der Waals surface area contributed by atoms with Gasteiger partial charge in [-0.3, -0.25) is 19.5 Å². The highest BCUT2D eigenvalue weighted by Gasteiger charge is 2.36. The standard InChI is InChI=1S/C19H21N5O3/c1-19(9-16(26)24(2)18(20)23-19)13-4-3-5-14(8-13)22-17(27)15-7-6-12(11-25)10-21-15/h3-8,10,25H,9,11H2,1-2H3,(H2,20,23)(H,22,27)/t19-/m0/s1. The van der Waals surface area contributed by atoms with Gasteiger partial charge in [0.15, 0.2) is 5.96 Å². The lowest BCUT2D eigenvalue weighted by atomic mass is 9.87. The van der Waals surface area contributed by atoms with Gasteiger partial charge in [0, 0.05) is 18.9 Å². The molecule has 8 nitrogen and oxygen atoms in total. The molecule has 1 aromatic carbocycles. The highest BCUT2D eigenvalue weighted by Crippen LogP contribution is 2.34. The summed E-state index contributed by atoms with van der Waals surface area (Å²) in [7, 11) is 1.59. The number of aromatic nitrogens is 1. The van der Waals surface area contributed by atoms with Gasteiger partial charge in [0.25, 0.3) is 5.91 Å². The van der Waals surface area contributed by atoms with Gasteiger partial charge in [0.05, 0.1) is 18.6 Å². The van der Waals surface area contributed by atoms with Crippen molar-refractivity contribution in [2.75, 3.05) is 12.4 Å². The Morgan fingerprint density at radius 3 is 2.78 bits per heavy atom. The van der Waals surface area contributed by atoms with Crippen LogP contribution < -0.4 is 11.1 Å². The molecule has 2 aromatic rings. The van der Waals surface area contributed by atoms with E-state index in [1.807, 2.05) is 13.0 Å². The maximum Gasteiger partial charge on any atom is 0.274 e. The molecule has 1 atom stereocenters. The van der Waals surface area contributed by atoms with Crippen LogP contribution in [0.5, 0.6) is 0 Å². The van der Waals surface area contributed by atoms with E-state index >= 15 is 0 Å². The summed E-state index contributed by atoms with van der Waals surface area (Å²) in [6.07, 6.45) is 1.64. The third kappa shape index (κ3) is 3.80. The maximum atomic E-state index is 12.4. The molecule has 0 aliphatic carbocycles. The molecule has 0 saturated carbocycles. The molecule has 2 amide bonds. The van der Waals surface area contributed by atoms with Crippen LogP contribution in [0.25, 0.3) is 0 Å². The number of nitrogens with two attached hydrogens (primary N) is 1. The van der Waals surface area contributed by atoms with E-state index in [0.717, 1.165) is 5.56 Å². The molecule has 4 N–H and O–H groups in total. The molecule has 1 aromatic heterocycles. The van der Waals surface area contributed by atoms with Crippen LogP contribution in [-0.2, 0) is 16.9 Å². The van der Waals surface area contributed by atoms with E-state index in [4.69, 9.17) is 10.8 Å². The van der Waals surface area contributed by atoms with Crippen LogP contribution in [0.3, 0.4) is 0 Å². The third-order valence-corrected chi connectivity index (χ3v) is 4.56. The Bertz CT molecular complexity index is 910. The summed E-state index contributed by atoms with van der Waals surface area (Å²) in [4.78, 5) is 34.4. The first-order valence-electron chi connectivity index (χ1n) is 8.42. The molecule has 0 saturated heterocycles. The number of benzene rings is 1. The Morgan fingerprint density at radius 1 is 1.37 bits per heavy atom. The van der Waals surface area contributed by atoms with E-state index in [1.165, 1.54) is 11.1 Å². The lowest BCUT2D eigenvalue weighted by Crippen LogP contribution is -2.47. The number of hydrogen-bond donors (Lipinski definition) is 3. The summed E-state index contributed by atoms with van der Waals surface area (Å²) in [6.45, 7) is 1.70. The lowest BCUT2D eigenvalue weighted by molar-refractivity contribution is -0.128. The molecular formula is C19H21N5O3. The van der Waals surface area contributed by atoms with Crippen molar-refractivity contribution in [3.8, 4) is 0 Å². The Balaban J connectivity index is 1.83. The number of carbonyl (C=O) groups excluding carboxylic acids is 2. The molecular weight excluding hydrogens is 346 g/mol. The molecule has 27 heavy (non-hydrogen) atoms. The fourth-order valence-corrected chi connectivity index (χ4v) is 2.85. The Morgan fingerprint density at radius 2 is 2.15 bits per heavy atom. The van der Waals surface area contributed by atoms with Crippen molar-refractivity contribution in [2.45, 2.75) is 25.5 Å². The minimum atomic E-state index is -0.796. The number of guanidine groups is 1. The average Bonchev–Trinajstić information content (AvgIpc) is 2.66. The summed E-state index contributed by atoms with van der Waals surface area (Å²) < 4.78 is 0. The SMILES string of the molecule is CN1C(=O)C[C@@](C)(c2cccc(NC(=O)c3ccc(CO)cn3)c2)N=C1N. The molecule has 0 bridgehead atoms. The summed E-state index contributed by atoms with van der Waals surface area (Å²) >= 11 is 0. The van der Waals surface area contributed by atoms with Crippen LogP contribution >= 0.6 is 0 Å². The Hall–Kier alpha value is -3.26. The van der Waals surface area contributed by atoms with Crippen LogP contribution in [0, 0.1) is 0 Å². The fourth-order valence-electron chi connectivity index (χ4n) is 2.85. The van der Waals surface area contributed by atoms with E-state index in [-0.39, 0.29) is 36.5 Å². The zero-order chi connectivity index (χ0) is 19.6. The number of aliphatic hydroxyl groups is 1. The van der Waals surface area contributed by atoms with Gasteiger partial charge >= 0.3 is 0 Å². The van der Waals surface area contributed by atoms with Gasteiger partial charge in [-0.2, -0.15) is 0 Å². The summed E-state index contributed by atoms with van der Waals surface area (Å²) in [6, 6.07) is 10.3. The second-order valence-corrected chi connectivity index (χ2v) is 6.62. The van der Waals surface area contributed by atoms with Gasteiger partial charge in [-0.15, -0.1) is 0 Å². The summed E-state index contributed by atoms with van der Waals surface area (Å²) in [5, 5.41) is 11.8. The second kappa shape index (κ2) is 7.16. The van der Waals surface area contributed by atoms with Crippen LogP contribution in [-0.4, -0.2) is 39.8 Å². The highest BCUT2D eigenvalue weighted by atomic mass is 16.3. The zero-order valence-electron chi connectivity index (χ0n) is 15.1. The number of pyridine rings is 1. The molecule has 1 aliphatic rings. The first kappa shape index (κ1) is 18.5. The first-order valence-corrected chi connectivity index (χ1v) is 8.42. The smallest absolute Gasteiger partial charge is 0.274 e. The van der Waals surface area contributed by atoms with E-state index in [2.05, 4.69) is 15.3 Å². The van der Waals surface area contributed by atoms with Crippen molar-refractivity contribution >= 4 is 23.5 Å². The zero-order valence-corrected chi connectivity index (χ0v) is 15.1. The van der Waals surface area contributed by atoms with Gasteiger partial charge in [0.2, 0.25) is 5.91 Å². The largest absolute Gasteiger partial charge is 0.392 e. The number of nitrogens with one attached hydrogen (secondary N) is 1. The van der Waals surface area contributed by atoms with E-state index in [0.29, 0.717) is 11.3 Å². The van der Waals surface area contributed by atoms with Crippen molar-refractivity contribution in [2.24, 2.45) is 10.7 Å². The summed E-state index contributed by atoms with van der Waals surface area (Å²) in [5.74, 6) is -0.326. The number of rotatable bonds is 4. The van der Waals surface area contributed by atoms with Gasteiger partial charge < -0.3 is 16.2 Å². The molecule has 0 unspecified atom stereocenters. The van der Waals surface area contributed by atoms with E-state index < -0.39 is 5.54 Å². The minimum Gasteiger partial charge on any atom is -0.392 e. The highest BCUT2D eigenvalue weighted by molar-refractivity contribution is 6.03. The molecule has 140 valence electrons. The van der Waals surface area contributed by atoms with Crippen molar-refractivity contribution in [3.63, 3.8) is 0 Å². The normalized spacial score (nSPS) is 19.6. The van der Waals surface area contributed by atoms with Crippen molar-refractivity contribution in [1.29, 1.82) is 0 Å². The second-order valence-electron chi connectivity index (χ2n) is 6.62. The molecule has 8 heteroatoms. The molecule has 2 heterocycles. The number of carbonyl (C=O) groups is 2. The van der Waals surface area contributed by atoms with Crippen LogP contribution in [0.4, 0.5) is 5.69 Å². The van der Waals surface area contributed by atoms with Crippen molar-refractivity contribution in [1.82, 2.24) is 9.88 Å². The Labute approximate surface area is 156 Å². The Kier molecular flexibility index (Phi) is 4.91. The molecule has 0 radical (unpaired) electrons. The van der Waals surface area contributed by atoms with E-state index in [1.54, 1.807) is 37.4 Å². The predicted molar refractivity (Wildman–Crippen MR) is 101 cm³/mol. The van der Waals surface area contributed by atoms with Crippen LogP contribution in [0.1, 0.15) is 35.0 Å². The predicted octanol–water partition coefficient (Wildman–Crippen LogP) is 1.22. The number of aliphatic imine (C=N–C) groups is 1.